The lowest BCUT2D eigenvalue weighted by molar-refractivity contribution is 0.101. The molecule has 0 aliphatic rings. The second kappa shape index (κ2) is 5.54. The fourth-order valence-corrected chi connectivity index (χ4v) is 2.15. The van der Waals surface area contributed by atoms with Crippen molar-refractivity contribution in [3.63, 3.8) is 0 Å². The summed E-state index contributed by atoms with van der Waals surface area (Å²) in [5.74, 6) is -0.872. The molecule has 0 fully saturated rings. The number of benzene rings is 1. The van der Waals surface area contributed by atoms with Gasteiger partial charge < -0.3 is 15.6 Å². The maximum atomic E-state index is 13.2. The van der Waals surface area contributed by atoms with E-state index in [-0.39, 0.29) is 17.0 Å². The number of rotatable bonds is 3. The van der Waals surface area contributed by atoms with Crippen LogP contribution in [0.1, 0.15) is 30.4 Å². The van der Waals surface area contributed by atoms with Crippen LogP contribution >= 0.6 is 11.6 Å². The lowest BCUT2D eigenvalue weighted by Crippen LogP contribution is -2.17. The van der Waals surface area contributed by atoms with Crippen molar-refractivity contribution in [2.45, 2.75) is 19.9 Å². The van der Waals surface area contributed by atoms with Crippen LogP contribution in [0.2, 0.25) is 5.02 Å². The molecule has 2 rings (SSSR count). The molecule has 6 heteroatoms. The number of nitrogens with one attached hydrogen (secondary N) is 1. The van der Waals surface area contributed by atoms with Gasteiger partial charge in [0.05, 0.1) is 5.69 Å². The van der Waals surface area contributed by atoms with Gasteiger partial charge in [-0.25, -0.2) is 4.39 Å². The van der Waals surface area contributed by atoms with E-state index in [1.807, 2.05) is 13.8 Å². The highest BCUT2D eigenvalue weighted by molar-refractivity contribution is 6.31. The number of carbonyl (C=O) groups is 1. The molecule has 0 atom stereocenters. The van der Waals surface area contributed by atoms with E-state index in [1.165, 1.54) is 18.2 Å². The standard InChI is InChI=1S/C14H15ClFN3O/c1-8(2)19-7-11(17)6-13(19)14(20)18-12-4-9(15)3-10(16)5-12/h3-8H,17H2,1-2H3,(H,18,20). The van der Waals surface area contributed by atoms with E-state index in [0.29, 0.717) is 17.1 Å². The van der Waals surface area contributed by atoms with Crippen molar-refractivity contribution < 1.29 is 9.18 Å². The summed E-state index contributed by atoms with van der Waals surface area (Å²) in [5, 5.41) is 2.83. The Morgan fingerprint density at radius 3 is 2.65 bits per heavy atom. The molecule has 0 radical (unpaired) electrons. The van der Waals surface area contributed by atoms with Crippen LogP contribution in [0.25, 0.3) is 0 Å². The summed E-state index contributed by atoms with van der Waals surface area (Å²) in [6.45, 7) is 3.88. The molecule has 1 heterocycles. The van der Waals surface area contributed by atoms with Crippen LogP contribution in [0.4, 0.5) is 15.8 Å². The minimum atomic E-state index is -0.508. The van der Waals surface area contributed by atoms with Crippen molar-refractivity contribution in [2.24, 2.45) is 0 Å². The molecule has 0 aliphatic carbocycles. The Labute approximate surface area is 121 Å². The van der Waals surface area contributed by atoms with Crippen LogP contribution in [-0.4, -0.2) is 10.5 Å². The summed E-state index contributed by atoms with van der Waals surface area (Å²) >= 11 is 5.75. The molecule has 0 saturated heterocycles. The van der Waals surface area contributed by atoms with Crippen LogP contribution < -0.4 is 11.1 Å². The van der Waals surface area contributed by atoms with Gasteiger partial charge in [0.15, 0.2) is 0 Å². The van der Waals surface area contributed by atoms with Gasteiger partial charge in [0, 0.05) is 22.9 Å². The first-order valence-electron chi connectivity index (χ1n) is 6.11. The van der Waals surface area contributed by atoms with E-state index < -0.39 is 5.82 Å². The zero-order valence-corrected chi connectivity index (χ0v) is 11.9. The Hall–Kier alpha value is -2.01. The average molecular weight is 296 g/mol. The van der Waals surface area contributed by atoms with E-state index in [1.54, 1.807) is 16.8 Å². The highest BCUT2D eigenvalue weighted by atomic mass is 35.5. The molecule has 0 spiro atoms. The molecule has 2 aromatic rings. The third-order valence-corrected chi connectivity index (χ3v) is 3.00. The summed E-state index contributed by atoms with van der Waals surface area (Å²) in [5.41, 5.74) is 6.93. The van der Waals surface area contributed by atoms with Crippen LogP contribution in [0, 0.1) is 5.82 Å². The number of amides is 1. The first kappa shape index (κ1) is 14.4. The van der Waals surface area contributed by atoms with Gasteiger partial charge in [0.1, 0.15) is 11.5 Å². The summed E-state index contributed by atoms with van der Waals surface area (Å²) in [7, 11) is 0. The van der Waals surface area contributed by atoms with Gasteiger partial charge in [-0.15, -0.1) is 0 Å². The quantitative estimate of drug-likeness (QED) is 0.907. The lowest BCUT2D eigenvalue weighted by Gasteiger charge is -2.12. The topological polar surface area (TPSA) is 60.0 Å². The molecule has 1 aromatic carbocycles. The van der Waals surface area contributed by atoms with Crippen molar-refractivity contribution in [3.8, 4) is 0 Å². The molecule has 1 amide bonds. The number of hydrogen-bond acceptors (Lipinski definition) is 2. The number of aromatic nitrogens is 1. The van der Waals surface area contributed by atoms with Gasteiger partial charge in [0.25, 0.3) is 5.91 Å². The van der Waals surface area contributed by atoms with Crippen molar-refractivity contribution >= 4 is 28.9 Å². The monoisotopic (exact) mass is 295 g/mol. The number of halogens is 2. The fourth-order valence-electron chi connectivity index (χ4n) is 1.93. The highest BCUT2D eigenvalue weighted by Gasteiger charge is 2.15. The van der Waals surface area contributed by atoms with Crippen LogP contribution in [0.5, 0.6) is 0 Å². The SMILES string of the molecule is CC(C)n1cc(N)cc1C(=O)Nc1cc(F)cc(Cl)c1. The largest absolute Gasteiger partial charge is 0.397 e. The second-order valence-corrected chi connectivity index (χ2v) is 5.21. The smallest absolute Gasteiger partial charge is 0.272 e. The second-order valence-electron chi connectivity index (χ2n) is 4.77. The average Bonchev–Trinajstić information content (AvgIpc) is 2.70. The van der Waals surface area contributed by atoms with Crippen molar-refractivity contribution in [2.75, 3.05) is 11.1 Å². The Bertz CT molecular complexity index is 632. The van der Waals surface area contributed by atoms with Gasteiger partial charge in [-0.1, -0.05) is 11.6 Å². The molecule has 0 aliphatic heterocycles. The molecule has 0 unspecified atom stereocenters. The Morgan fingerprint density at radius 2 is 2.05 bits per heavy atom. The van der Waals surface area contributed by atoms with E-state index in [9.17, 15) is 9.18 Å². The predicted octanol–water partition coefficient (Wildman–Crippen LogP) is 3.70. The molecule has 20 heavy (non-hydrogen) atoms. The van der Waals surface area contributed by atoms with E-state index in [4.69, 9.17) is 17.3 Å². The van der Waals surface area contributed by atoms with E-state index in [0.717, 1.165) is 0 Å². The summed E-state index contributed by atoms with van der Waals surface area (Å²) < 4.78 is 15.0. The lowest BCUT2D eigenvalue weighted by atomic mass is 10.3. The summed E-state index contributed by atoms with van der Waals surface area (Å²) in [6, 6.07) is 5.52. The van der Waals surface area contributed by atoms with Gasteiger partial charge in [0.2, 0.25) is 0 Å². The third kappa shape index (κ3) is 3.11. The summed E-state index contributed by atoms with van der Waals surface area (Å²) in [4.78, 5) is 12.2. The molecular weight excluding hydrogens is 281 g/mol. The van der Waals surface area contributed by atoms with Crippen molar-refractivity contribution in [1.29, 1.82) is 0 Å². The predicted molar refractivity (Wildman–Crippen MR) is 78.6 cm³/mol. The van der Waals surface area contributed by atoms with E-state index >= 15 is 0 Å². The van der Waals surface area contributed by atoms with E-state index in [2.05, 4.69) is 5.32 Å². The Morgan fingerprint density at radius 1 is 1.35 bits per heavy atom. The number of anilines is 2. The van der Waals surface area contributed by atoms with Gasteiger partial charge in [-0.05, 0) is 38.1 Å². The summed E-state index contributed by atoms with van der Waals surface area (Å²) in [6.07, 6.45) is 1.69. The van der Waals surface area contributed by atoms with Gasteiger partial charge >= 0.3 is 0 Å². The Kier molecular flexibility index (Phi) is 3.99. The highest BCUT2D eigenvalue weighted by Crippen LogP contribution is 2.21. The molecule has 0 saturated carbocycles. The van der Waals surface area contributed by atoms with Crippen LogP contribution in [0.15, 0.2) is 30.5 Å². The zero-order chi connectivity index (χ0) is 14.9. The zero-order valence-electron chi connectivity index (χ0n) is 11.2. The first-order valence-corrected chi connectivity index (χ1v) is 6.49. The minimum absolute atomic E-state index is 0.0872. The van der Waals surface area contributed by atoms with Gasteiger partial charge in [-0.2, -0.15) is 0 Å². The normalized spacial score (nSPS) is 10.8. The fraction of sp³-hybridized carbons (Fsp3) is 0.214. The van der Waals surface area contributed by atoms with Crippen molar-refractivity contribution in [1.82, 2.24) is 4.57 Å². The maximum Gasteiger partial charge on any atom is 0.272 e. The third-order valence-electron chi connectivity index (χ3n) is 2.78. The number of nitrogens with zero attached hydrogens (tertiary/aromatic N) is 1. The number of nitrogens with two attached hydrogens (primary N) is 1. The Balaban J connectivity index is 2.28. The number of nitrogen functional groups attached to an aromatic ring is 1. The molecule has 3 N–H and O–H groups in total. The van der Waals surface area contributed by atoms with Crippen LogP contribution in [0.3, 0.4) is 0 Å². The number of carbonyl (C=O) groups excluding carboxylic acids is 1. The van der Waals surface area contributed by atoms with Crippen LogP contribution in [-0.2, 0) is 0 Å². The first-order chi connectivity index (χ1) is 9.36. The van der Waals surface area contributed by atoms with Crippen molar-refractivity contribution in [3.05, 3.63) is 47.0 Å². The molecular formula is C14H15ClFN3O. The number of hydrogen-bond donors (Lipinski definition) is 2. The maximum absolute atomic E-state index is 13.2. The molecule has 1 aromatic heterocycles. The minimum Gasteiger partial charge on any atom is -0.397 e. The molecule has 106 valence electrons. The van der Waals surface area contributed by atoms with Gasteiger partial charge in [-0.3, -0.25) is 4.79 Å². The molecule has 0 bridgehead atoms. The molecule has 4 nitrogen and oxygen atoms in total.